The average molecular weight is 268 g/mol. The Balaban J connectivity index is 2.66. The van der Waals surface area contributed by atoms with Gasteiger partial charge in [0.2, 0.25) is 0 Å². The fourth-order valence-corrected chi connectivity index (χ4v) is 1.96. The number of fused-ring (bicyclic) bond motifs is 1. The minimum atomic E-state index is -0.431. The van der Waals surface area contributed by atoms with Crippen LogP contribution in [0.2, 0.25) is 0 Å². The number of aryl methyl sites for hydroxylation is 1. The number of ether oxygens (including phenoxy) is 1. The first-order chi connectivity index (χ1) is 9.01. The second-order valence-electron chi connectivity index (χ2n) is 4.32. The Morgan fingerprint density at radius 1 is 1.37 bits per heavy atom. The summed E-state index contributed by atoms with van der Waals surface area (Å²) in [5, 5.41) is 9.12. The Morgan fingerprint density at radius 2 is 2.05 bits per heavy atom. The van der Waals surface area contributed by atoms with Crippen LogP contribution in [0.1, 0.15) is 0 Å². The number of rotatable bonds is 4. The van der Waals surface area contributed by atoms with Gasteiger partial charge in [0.25, 0.3) is 5.56 Å². The Kier molecular flexibility index (Phi) is 3.54. The van der Waals surface area contributed by atoms with E-state index in [-0.39, 0.29) is 13.2 Å². The maximum Gasteiger partial charge on any atom is 0.332 e. The Morgan fingerprint density at radius 3 is 2.63 bits per heavy atom. The molecule has 1 atom stereocenters. The Hall–Kier alpha value is -1.93. The fourth-order valence-electron chi connectivity index (χ4n) is 1.96. The van der Waals surface area contributed by atoms with E-state index < -0.39 is 17.4 Å². The van der Waals surface area contributed by atoms with Gasteiger partial charge < -0.3 is 14.4 Å². The number of imidazole rings is 1. The van der Waals surface area contributed by atoms with Crippen LogP contribution < -0.4 is 11.2 Å². The van der Waals surface area contributed by atoms with Gasteiger partial charge in [-0.3, -0.25) is 13.9 Å². The number of methoxy groups -OCH3 is 1. The molecule has 8 heteroatoms. The van der Waals surface area contributed by atoms with Gasteiger partial charge in [-0.2, -0.15) is 0 Å². The lowest BCUT2D eigenvalue weighted by Gasteiger charge is -2.13. The molecule has 2 aromatic rings. The summed E-state index contributed by atoms with van der Waals surface area (Å²) in [5.41, 5.74) is -0.197. The predicted molar refractivity (Wildman–Crippen MR) is 68.1 cm³/mol. The van der Waals surface area contributed by atoms with Gasteiger partial charge >= 0.3 is 5.69 Å². The van der Waals surface area contributed by atoms with Crippen molar-refractivity contribution in [3.63, 3.8) is 0 Å². The highest BCUT2D eigenvalue weighted by molar-refractivity contribution is 5.69. The normalized spacial score (nSPS) is 13.1. The van der Waals surface area contributed by atoms with Crippen LogP contribution in [0, 0.1) is 0 Å². The molecular formula is C11H16N4O4. The zero-order chi connectivity index (χ0) is 14.2. The number of aliphatic hydroxyl groups excluding tert-OH is 1. The third-order valence-electron chi connectivity index (χ3n) is 3.15. The quantitative estimate of drug-likeness (QED) is 0.724. The van der Waals surface area contributed by atoms with Gasteiger partial charge in [0.15, 0.2) is 11.2 Å². The molecule has 104 valence electrons. The summed E-state index contributed by atoms with van der Waals surface area (Å²) in [7, 11) is 4.45. The first-order valence-corrected chi connectivity index (χ1v) is 5.75. The van der Waals surface area contributed by atoms with Gasteiger partial charge in [0.05, 0.1) is 25.6 Å². The van der Waals surface area contributed by atoms with E-state index >= 15 is 0 Å². The van der Waals surface area contributed by atoms with Crippen LogP contribution in [0.3, 0.4) is 0 Å². The zero-order valence-corrected chi connectivity index (χ0v) is 11.0. The van der Waals surface area contributed by atoms with Crippen molar-refractivity contribution < 1.29 is 9.84 Å². The Bertz CT molecular complexity index is 708. The zero-order valence-electron chi connectivity index (χ0n) is 11.0. The van der Waals surface area contributed by atoms with E-state index in [4.69, 9.17) is 9.84 Å². The fraction of sp³-hybridized carbons (Fsp3) is 0.545. The third kappa shape index (κ3) is 2.08. The predicted octanol–water partition coefficient (Wildman–Crippen LogP) is -1.56. The van der Waals surface area contributed by atoms with E-state index in [9.17, 15) is 9.59 Å². The maximum absolute atomic E-state index is 12.1. The van der Waals surface area contributed by atoms with E-state index in [1.165, 1.54) is 25.1 Å². The van der Waals surface area contributed by atoms with Crippen molar-refractivity contribution in [1.29, 1.82) is 0 Å². The molecular weight excluding hydrogens is 252 g/mol. The molecule has 0 saturated heterocycles. The molecule has 0 aliphatic rings. The summed E-state index contributed by atoms with van der Waals surface area (Å²) in [6.07, 6.45) is 1.03. The highest BCUT2D eigenvalue weighted by atomic mass is 16.5. The van der Waals surface area contributed by atoms with Crippen LogP contribution in [0.4, 0.5) is 0 Å². The molecule has 19 heavy (non-hydrogen) atoms. The molecule has 0 saturated carbocycles. The molecule has 0 aliphatic carbocycles. The molecule has 0 bridgehead atoms. The monoisotopic (exact) mass is 268 g/mol. The molecule has 2 rings (SSSR count). The number of hydrogen-bond donors (Lipinski definition) is 1. The first-order valence-electron chi connectivity index (χ1n) is 5.75. The number of nitrogens with zero attached hydrogens (tertiary/aromatic N) is 4. The van der Waals surface area contributed by atoms with Crippen molar-refractivity contribution >= 4 is 11.2 Å². The number of aliphatic hydroxyl groups is 1. The topological polar surface area (TPSA) is 91.3 Å². The standard InChI is InChI=1S/C11H16N4O4/c1-13-9-8(10(17)14(2)11(13)18)15(6-12-9)4-7(5-16)19-3/h6-7,16H,4-5H2,1-3H3. The highest BCUT2D eigenvalue weighted by Crippen LogP contribution is 2.07. The Labute approximate surface area is 108 Å². The second kappa shape index (κ2) is 4.98. The minimum absolute atomic E-state index is 0.164. The largest absolute Gasteiger partial charge is 0.394 e. The van der Waals surface area contributed by atoms with Crippen LogP contribution in [0.25, 0.3) is 11.2 Å². The van der Waals surface area contributed by atoms with Gasteiger partial charge in [-0.25, -0.2) is 9.78 Å². The molecule has 2 aromatic heterocycles. The summed E-state index contributed by atoms with van der Waals surface area (Å²) in [5.74, 6) is 0. The molecule has 2 heterocycles. The van der Waals surface area contributed by atoms with Gasteiger partial charge in [0, 0.05) is 21.2 Å². The smallest absolute Gasteiger partial charge is 0.332 e. The van der Waals surface area contributed by atoms with Crippen molar-refractivity contribution in [2.75, 3.05) is 13.7 Å². The molecule has 0 radical (unpaired) electrons. The van der Waals surface area contributed by atoms with E-state index in [0.717, 1.165) is 4.57 Å². The van der Waals surface area contributed by atoms with Gasteiger partial charge in [-0.15, -0.1) is 0 Å². The van der Waals surface area contributed by atoms with Crippen LogP contribution in [-0.4, -0.2) is 43.6 Å². The van der Waals surface area contributed by atoms with Crippen molar-refractivity contribution in [3.05, 3.63) is 27.2 Å². The maximum atomic E-state index is 12.1. The average Bonchev–Trinajstić information content (AvgIpc) is 2.83. The van der Waals surface area contributed by atoms with Gasteiger partial charge in [-0.1, -0.05) is 0 Å². The van der Waals surface area contributed by atoms with Crippen molar-refractivity contribution in [1.82, 2.24) is 18.7 Å². The minimum Gasteiger partial charge on any atom is -0.394 e. The lowest BCUT2D eigenvalue weighted by Crippen LogP contribution is -2.38. The summed E-state index contributed by atoms with van der Waals surface area (Å²) < 4.78 is 9.00. The second-order valence-corrected chi connectivity index (χ2v) is 4.32. The molecule has 1 N–H and O–H groups in total. The molecule has 0 spiro atoms. The SMILES string of the molecule is COC(CO)Cn1cnc2c1c(=O)n(C)c(=O)n2C. The summed E-state index contributed by atoms with van der Waals surface area (Å²) >= 11 is 0. The molecule has 1 unspecified atom stereocenters. The van der Waals surface area contributed by atoms with Gasteiger partial charge in [0.1, 0.15) is 0 Å². The van der Waals surface area contributed by atoms with E-state index in [1.54, 1.807) is 11.6 Å². The molecule has 8 nitrogen and oxygen atoms in total. The van der Waals surface area contributed by atoms with E-state index in [1.807, 2.05) is 0 Å². The van der Waals surface area contributed by atoms with Crippen molar-refractivity contribution in [2.24, 2.45) is 14.1 Å². The van der Waals surface area contributed by atoms with E-state index in [2.05, 4.69) is 4.98 Å². The summed E-state index contributed by atoms with van der Waals surface area (Å²) in [6, 6.07) is 0. The lowest BCUT2D eigenvalue weighted by molar-refractivity contribution is 0.0379. The number of aromatic nitrogens is 4. The lowest BCUT2D eigenvalue weighted by atomic mass is 10.3. The van der Waals surface area contributed by atoms with Crippen LogP contribution in [0.5, 0.6) is 0 Å². The van der Waals surface area contributed by atoms with Gasteiger partial charge in [-0.05, 0) is 0 Å². The van der Waals surface area contributed by atoms with Crippen LogP contribution in [-0.2, 0) is 25.4 Å². The summed E-state index contributed by atoms with van der Waals surface area (Å²) in [6.45, 7) is 0.124. The molecule has 0 aliphatic heterocycles. The van der Waals surface area contributed by atoms with E-state index in [0.29, 0.717) is 11.2 Å². The van der Waals surface area contributed by atoms with Crippen LogP contribution in [0.15, 0.2) is 15.9 Å². The molecule has 0 amide bonds. The third-order valence-corrected chi connectivity index (χ3v) is 3.15. The molecule has 0 aromatic carbocycles. The summed E-state index contributed by atoms with van der Waals surface area (Å²) in [4.78, 5) is 28.0. The number of hydrogen-bond acceptors (Lipinski definition) is 5. The van der Waals surface area contributed by atoms with Crippen molar-refractivity contribution in [3.8, 4) is 0 Å². The highest BCUT2D eigenvalue weighted by Gasteiger charge is 2.16. The molecule has 0 fully saturated rings. The van der Waals surface area contributed by atoms with Crippen molar-refractivity contribution in [2.45, 2.75) is 12.6 Å². The first kappa shape index (κ1) is 13.5. The van der Waals surface area contributed by atoms with Crippen LogP contribution >= 0.6 is 0 Å².